The Labute approximate surface area is 184 Å². The third-order valence-electron chi connectivity index (χ3n) is 4.81. The summed E-state index contributed by atoms with van der Waals surface area (Å²) in [6.07, 6.45) is 5.37. The summed E-state index contributed by atoms with van der Waals surface area (Å²) in [6, 6.07) is 17.4. The number of para-hydroxylation sites is 1. The Morgan fingerprint density at radius 1 is 0.967 bits per heavy atom. The van der Waals surface area contributed by atoms with Crippen molar-refractivity contribution in [1.29, 1.82) is 0 Å². The summed E-state index contributed by atoms with van der Waals surface area (Å²) >= 11 is 0.532. The standard InChI is InChI=1S/C23H29N3O3Se/c1-17(27)29-20-13-8-7-12-19(20)23(28)24-15-9-3-6-14-21-25-26-22(30-21)16-18-10-4-2-5-11-18/h2,4-5,7-8,10-13,21-22,25-26H,3,6,9,14-16H2,1H3,(H,24,28). The number of unbranched alkanes of at least 4 members (excludes halogenated alkanes) is 2. The number of hydrogen-bond donors (Lipinski definition) is 3. The maximum absolute atomic E-state index is 12.4. The van der Waals surface area contributed by atoms with Crippen molar-refractivity contribution in [2.75, 3.05) is 6.54 Å². The second kappa shape index (κ2) is 11.9. The molecule has 1 aliphatic heterocycles. The first-order chi connectivity index (χ1) is 14.6. The fourth-order valence-electron chi connectivity index (χ4n) is 3.35. The monoisotopic (exact) mass is 475 g/mol. The van der Waals surface area contributed by atoms with Crippen LogP contribution in [0, 0.1) is 0 Å². The molecular weight excluding hydrogens is 445 g/mol. The van der Waals surface area contributed by atoms with Crippen molar-refractivity contribution in [3.63, 3.8) is 0 Å². The van der Waals surface area contributed by atoms with Gasteiger partial charge in [-0.3, -0.25) is 4.79 Å². The van der Waals surface area contributed by atoms with Crippen LogP contribution in [0.4, 0.5) is 0 Å². The van der Waals surface area contributed by atoms with Crippen LogP contribution in [0.3, 0.4) is 0 Å². The van der Waals surface area contributed by atoms with Gasteiger partial charge in [-0.25, -0.2) is 0 Å². The topological polar surface area (TPSA) is 79.5 Å². The summed E-state index contributed by atoms with van der Waals surface area (Å²) in [5.74, 6) is -0.340. The molecule has 1 saturated heterocycles. The van der Waals surface area contributed by atoms with Crippen LogP contribution < -0.4 is 20.9 Å². The Bertz CT molecular complexity index is 831. The number of carbonyl (C=O) groups excluding carboxylic acids is 2. The summed E-state index contributed by atoms with van der Waals surface area (Å²) in [6.45, 7) is 1.94. The van der Waals surface area contributed by atoms with Gasteiger partial charge in [-0.2, -0.15) is 0 Å². The van der Waals surface area contributed by atoms with Gasteiger partial charge < -0.3 is 0 Å². The average Bonchev–Trinajstić information content (AvgIpc) is 3.18. The fraction of sp³-hybridized carbons (Fsp3) is 0.391. The molecule has 1 heterocycles. The molecule has 30 heavy (non-hydrogen) atoms. The molecule has 2 unspecified atom stereocenters. The second-order valence-corrected chi connectivity index (χ2v) is 10.2. The molecule has 1 amide bonds. The molecule has 160 valence electrons. The van der Waals surface area contributed by atoms with E-state index in [1.165, 1.54) is 12.5 Å². The van der Waals surface area contributed by atoms with Gasteiger partial charge >= 0.3 is 173 Å². The van der Waals surface area contributed by atoms with E-state index in [2.05, 4.69) is 46.5 Å². The molecule has 0 spiro atoms. The molecule has 6 nitrogen and oxygen atoms in total. The third-order valence-corrected chi connectivity index (χ3v) is 7.53. The van der Waals surface area contributed by atoms with Crippen LogP contribution in [0.25, 0.3) is 0 Å². The molecule has 7 heteroatoms. The number of carbonyl (C=O) groups is 2. The van der Waals surface area contributed by atoms with Gasteiger partial charge in [0.05, 0.1) is 0 Å². The zero-order valence-corrected chi connectivity index (χ0v) is 18.9. The van der Waals surface area contributed by atoms with Crippen molar-refractivity contribution < 1.29 is 14.3 Å². The molecule has 0 bridgehead atoms. The molecule has 2 aromatic rings. The molecule has 3 rings (SSSR count). The predicted molar refractivity (Wildman–Crippen MR) is 118 cm³/mol. The molecule has 2 aromatic carbocycles. The zero-order valence-electron chi connectivity index (χ0n) is 17.2. The average molecular weight is 474 g/mol. The minimum atomic E-state index is -0.433. The van der Waals surface area contributed by atoms with E-state index in [4.69, 9.17) is 4.74 Å². The quantitative estimate of drug-likeness (QED) is 0.214. The summed E-state index contributed by atoms with van der Waals surface area (Å²) in [5.41, 5.74) is 8.66. The van der Waals surface area contributed by atoms with Crippen LogP contribution in [0.15, 0.2) is 54.6 Å². The number of benzene rings is 2. The van der Waals surface area contributed by atoms with E-state index < -0.39 is 5.97 Å². The van der Waals surface area contributed by atoms with Gasteiger partial charge in [0.2, 0.25) is 0 Å². The summed E-state index contributed by atoms with van der Waals surface area (Å²) in [5, 5.41) is 2.92. The van der Waals surface area contributed by atoms with E-state index in [1.807, 2.05) is 0 Å². The van der Waals surface area contributed by atoms with Gasteiger partial charge in [0.25, 0.3) is 0 Å². The van der Waals surface area contributed by atoms with Crippen molar-refractivity contribution in [3.8, 4) is 5.75 Å². The number of nitrogens with one attached hydrogen (secondary N) is 3. The molecule has 0 radical (unpaired) electrons. The van der Waals surface area contributed by atoms with Crippen LogP contribution in [-0.2, 0) is 11.2 Å². The molecule has 0 aromatic heterocycles. The maximum atomic E-state index is 12.4. The first-order valence-electron chi connectivity index (χ1n) is 10.4. The van der Waals surface area contributed by atoms with E-state index in [1.54, 1.807) is 24.3 Å². The summed E-state index contributed by atoms with van der Waals surface area (Å²) < 4.78 is 5.10. The normalized spacial score (nSPS) is 18.2. The summed E-state index contributed by atoms with van der Waals surface area (Å²) in [7, 11) is 0. The second-order valence-electron chi connectivity index (χ2n) is 7.29. The number of rotatable bonds is 10. The summed E-state index contributed by atoms with van der Waals surface area (Å²) in [4.78, 5) is 24.6. The predicted octanol–water partition coefficient (Wildman–Crippen LogP) is 2.61. The molecule has 0 saturated carbocycles. The van der Waals surface area contributed by atoms with Gasteiger partial charge in [0.15, 0.2) is 0 Å². The first kappa shape index (κ1) is 22.5. The van der Waals surface area contributed by atoms with Gasteiger partial charge in [-0.15, -0.1) is 0 Å². The van der Waals surface area contributed by atoms with Crippen molar-refractivity contribution in [2.24, 2.45) is 0 Å². The molecular formula is C23H29N3O3Se. The Morgan fingerprint density at radius 2 is 1.70 bits per heavy atom. The third kappa shape index (κ3) is 7.26. The minimum absolute atomic E-state index is 0.208. The zero-order chi connectivity index (χ0) is 21.2. The molecule has 3 N–H and O–H groups in total. The van der Waals surface area contributed by atoms with E-state index in [0.29, 0.717) is 42.7 Å². The van der Waals surface area contributed by atoms with Crippen molar-refractivity contribution in [3.05, 3.63) is 65.7 Å². The number of hydrogen-bond acceptors (Lipinski definition) is 5. The van der Waals surface area contributed by atoms with Crippen molar-refractivity contribution in [2.45, 2.75) is 48.9 Å². The molecule has 1 fully saturated rings. The number of esters is 1. The Balaban J connectivity index is 1.29. The van der Waals surface area contributed by atoms with E-state index in [-0.39, 0.29) is 5.91 Å². The van der Waals surface area contributed by atoms with E-state index >= 15 is 0 Å². The van der Waals surface area contributed by atoms with Gasteiger partial charge in [0.1, 0.15) is 0 Å². The number of ether oxygens (including phenoxy) is 1. The van der Waals surface area contributed by atoms with Crippen LogP contribution in [0.1, 0.15) is 48.5 Å². The van der Waals surface area contributed by atoms with Crippen molar-refractivity contribution >= 4 is 26.8 Å². The number of amides is 1. The van der Waals surface area contributed by atoms with Gasteiger partial charge in [-0.1, -0.05) is 0 Å². The van der Waals surface area contributed by atoms with Gasteiger partial charge in [-0.05, 0) is 0 Å². The Kier molecular flexibility index (Phi) is 8.90. The van der Waals surface area contributed by atoms with Crippen molar-refractivity contribution in [1.82, 2.24) is 16.2 Å². The number of hydrazine groups is 1. The van der Waals surface area contributed by atoms with Crippen LogP contribution >= 0.6 is 0 Å². The first-order valence-corrected chi connectivity index (χ1v) is 12.4. The van der Waals surface area contributed by atoms with Gasteiger partial charge in [0, 0.05) is 6.92 Å². The van der Waals surface area contributed by atoms with Crippen LogP contribution in [0.5, 0.6) is 5.75 Å². The van der Waals surface area contributed by atoms with Crippen LogP contribution in [-0.4, -0.2) is 43.3 Å². The molecule has 1 aliphatic rings. The van der Waals surface area contributed by atoms with E-state index in [0.717, 1.165) is 32.1 Å². The Hall–Kier alpha value is -2.18. The molecule has 2 atom stereocenters. The van der Waals surface area contributed by atoms with Crippen LogP contribution in [0.2, 0.25) is 0 Å². The SMILES string of the molecule is CC(=O)Oc1ccccc1C(=O)NCCCCCC1NNC(Cc2ccccc2)[Se]1. The van der Waals surface area contributed by atoms with E-state index in [9.17, 15) is 9.59 Å². The molecule has 0 aliphatic carbocycles. The fourth-order valence-corrected chi connectivity index (χ4v) is 5.99. The Morgan fingerprint density at radius 3 is 2.50 bits per heavy atom.